The zero-order chi connectivity index (χ0) is 41.4. The van der Waals surface area contributed by atoms with Crippen LogP contribution in [0.25, 0.3) is 32.7 Å². The fourth-order valence-electron chi connectivity index (χ4n) is 8.51. The fourth-order valence-corrected chi connectivity index (χ4v) is 16.6. The summed E-state index contributed by atoms with van der Waals surface area (Å²) in [7, 11) is 0. The van der Waals surface area contributed by atoms with Crippen LogP contribution in [0.15, 0.2) is 182 Å². The van der Waals surface area contributed by atoms with Crippen LogP contribution in [0.4, 0.5) is 16.2 Å². The number of urea groups is 1. The summed E-state index contributed by atoms with van der Waals surface area (Å²) in [5, 5.41) is 11.1. The second-order valence-electron chi connectivity index (χ2n) is 17.8. The summed E-state index contributed by atoms with van der Waals surface area (Å²) in [5.41, 5.74) is 6.99. The second kappa shape index (κ2) is 15.6. The van der Waals surface area contributed by atoms with E-state index in [-0.39, 0.29) is 16.9 Å². The first-order valence-corrected chi connectivity index (χ1v) is 24.8. The molecule has 0 atom stereocenters. The summed E-state index contributed by atoms with van der Waals surface area (Å²) in [5.74, 6) is 0. The predicted octanol–water partition coefficient (Wildman–Crippen LogP) is 14.2. The van der Waals surface area contributed by atoms with E-state index in [0.717, 1.165) is 50.2 Å². The fraction of sp³-hybridized carbons (Fsp3) is 0.167. The van der Waals surface area contributed by atoms with Gasteiger partial charge >= 0.3 is 359 Å². The number of anilines is 2. The Morgan fingerprint density at radius 3 is 1.49 bits per heavy atom. The van der Waals surface area contributed by atoms with Gasteiger partial charge in [0, 0.05) is 0 Å². The van der Waals surface area contributed by atoms with E-state index in [2.05, 4.69) is 234 Å². The van der Waals surface area contributed by atoms with Crippen molar-refractivity contribution < 1.29 is 4.79 Å². The molecule has 8 rings (SSSR count). The van der Waals surface area contributed by atoms with Crippen LogP contribution in [0.1, 0.15) is 58.2 Å². The minimum absolute atomic E-state index is 0.0938. The Morgan fingerprint density at radius 1 is 0.508 bits per heavy atom. The van der Waals surface area contributed by atoms with Gasteiger partial charge in [0.2, 0.25) is 0 Å². The molecule has 0 unspecified atom stereocenters. The van der Waals surface area contributed by atoms with Gasteiger partial charge in [-0.25, -0.2) is 0 Å². The number of carbonyl (C=O) groups excluding carboxylic acids is 1. The molecule has 0 bridgehead atoms. The molecule has 0 spiro atoms. The number of benzene rings is 8. The van der Waals surface area contributed by atoms with Crippen LogP contribution in [0.5, 0.6) is 0 Å². The number of halogens is 1. The maximum atomic E-state index is 14.5. The third-order valence-corrected chi connectivity index (χ3v) is 21.1. The van der Waals surface area contributed by atoms with E-state index in [0.29, 0.717) is 0 Å². The van der Waals surface area contributed by atoms with Gasteiger partial charge < -0.3 is 0 Å². The normalized spacial score (nSPS) is 12.8. The molecule has 0 heterocycles. The molecule has 3 nitrogen and oxygen atoms in total. The number of fused-ring (bicyclic) bond motifs is 2. The van der Waals surface area contributed by atoms with Crippen molar-refractivity contribution >= 4 is 75.7 Å². The second-order valence-corrected chi connectivity index (χ2v) is 26.7. The molecule has 0 fully saturated rings. The number of hydrogen-bond acceptors (Lipinski definition) is 1. The number of carbonyl (C=O) groups is 1. The summed E-state index contributed by atoms with van der Waals surface area (Å²) < 4.78 is 0. The van der Waals surface area contributed by atoms with E-state index in [9.17, 15) is 4.79 Å². The minimum atomic E-state index is -3.63. The molecule has 0 aliphatic rings. The Kier molecular flexibility index (Phi) is 10.6. The molecule has 5 heteroatoms. The summed E-state index contributed by atoms with van der Waals surface area (Å²) in [4.78, 5) is 14.5. The Labute approximate surface area is 357 Å². The number of hydrogen-bond donors (Lipinski definition) is 2. The van der Waals surface area contributed by atoms with Gasteiger partial charge in [0.15, 0.2) is 0 Å². The summed E-state index contributed by atoms with van der Waals surface area (Å²) in [6.07, 6.45) is 0.736. The molecular formula is C54H52BrN2OP. The van der Waals surface area contributed by atoms with Crippen LogP contribution in [-0.2, 0) is 17.0 Å². The Morgan fingerprint density at radius 2 is 0.966 bits per heavy atom. The molecule has 2 N–H and O–H groups in total. The predicted molar refractivity (Wildman–Crippen MR) is 261 cm³/mol. The van der Waals surface area contributed by atoms with Gasteiger partial charge in [-0.1, -0.05) is 0 Å². The van der Waals surface area contributed by atoms with Gasteiger partial charge in [-0.15, -0.1) is 0 Å². The summed E-state index contributed by atoms with van der Waals surface area (Å²) in [6, 6.07) is 65.0. The molecule has 0 radical (unpaired) electrons. The van der Waals surface area contributed by atoms with E-state index >= 15 is 0 Å². The van der Waals surface area contributed by atoms with Crippen molar-refractivity contribution in [3.05, 3.63) is 199 Å². The molecule has 0 saturated carbocycles. The summed E-state index contributed by atoms with van der Waals surface area (Å²) in [6.45, 7) is 13.3. The first kappa shape index (κ1) is 40.2. The van der Waals surface area contributed by atoms with Crippen LogP contribution < -0.4 is 26.5 Å². The average molecular weight is 856 g/mol. The van der Waals surface area contributed by atoms with Crippen molar-refractivity contribution in [2.24, 2.45) is 0 Å². The van der Waals surface area contributed by atoms with Crippen LogP contribution in [-0.4, -0.2) is 6.03 Å². The Balaban J connectivity index is 1.42. The van der Waals surface area contributed by atoms with Crippen molar-refractivity contribution in [3.8, 4) is 11.1 Å². The van der Waals surface area contributed by atoms with Crippen LogP contribution >= 0.6 is 20.8 Å². The van der Waals surface area contributed by atoms with Gasteiger partial charge in [-0.2, -0.15) is 0 Å². The van der Waals surface area contributed by atoms with E-state index in [1.165, 1.54) is 32.6 Å². The SMILES string of the molecule is CC(C)(C)c1cc(NC(=O)Nc2ccc3ccccc3c2-c2c(P(Br)(Cc3ccccc3)(c3ccccc3)c3ccccc3)ccc3ccccc23)cc(C(C)(C)C)c1. The molecule has 0 aliphatic heterocycles. The zero-order valence-electron chi connectivity index (χ0n) is 34.8. The molecule has 8 aromatic carbocycles. The molecular weight excluding hydrogens is 803 g/mol. The van der Waals surface area contributed by atoms with Crippen molar-refractivity contribution in [1.29, 1.82) is 0 Å². The molecule has 8 aromatic rings. The number of amides is 2. The topological polar surface area (TPSA) is 41.1 Å². The van der Waals surface area contributed by atoms with E-state index in [1.54, 1.807) is 0 Å². The first-order valence-electron chi connectivity index (χ1n) is 20.4. The van der Waals surface area contributed by atoms with Gasteiger partial charge in [0.25, 0.3) is 0 Å². The van der Waals surface area contributed by atoms with Gasteiger partial charge in [-0.05, 0) is 0 Å². The monoisotopic (exact) mass is 854 g/mol. The van der Waals surface area contributed by atoms with Crippen molar-refractivity contribution in [2.75, 3.05) is 10.6 Å². The number of rotatable bonds is 8. The molecule has 0 aliphatic carbocycles. The van der Waals surface area contributed by atoms with E-state index in [4.69, 9.17) is 15.5 Å². The zero-order valence-corrected chi connectivity index (χ0v) is 37.2. The molecule has 296 valence electrons. The van der Waals surface area contributed by atoms with Gasteiger partial charge in [-0.3, -0.25) is 0 Å². The Bertz CT molecular complexity index is 2730. The van der Waals surface area contributed by atoms with Crippen molar-refractivity contribution in [2.45, 2.75) is 58.5 Å². The van der Waals surface area contributed by atoms with E-state index < -0.39 is 5.31 Å². The van der Waals surface area contributed by atoms with Crippen LogP contribution in [0.2, 0.25) is 0 Å². The number of nitrogens with one attached hydrogen (secondary N) is 2. The molecule has 2 amide bonds. The van der Waals surface area contributed by atoms with Gasteiger partial charge in [0.1, 0.15) is 0 Å². The third-order valence-electron chi connectivity index (χ3n) is 11.7. The van der Waals surface area contributed by atoms with Crippen LogP contribution in [0.3, 0.4) is 0 Å². The quantitative estimate of drug-likeness (QED) is 0.147. The summed E-state index contributed by atoms with van der Waals surface area (Å²) >= 11 is 4.85. The average Bonchev–Trinajstić information content (AvgIpc) is 3.23. The first-order chi connectivity index (χ1) is 28.2. The van der Waals surface area contributed by atoms with Gasteiger partial charge in [0.05, 0.1) is 0 Å². The standard InChI is InChI=1S/C54H52BrN2OP/c1-53(2,3)41-34-42(54(4,5)6)36-43(35-41)56-52(58)57-48-32-30-39-22-16-18-28-46(39)50(48)51-47-29-19-17-23-40(47)31-33-49(51)59(55,44-24-12-8-13-25-44,45-26-14-9-15-27-45)37-38-20-10-7-11-21-38/h7-36H,37H2,1-6H3,(H2,56,57,58). The van der Waals surface area contributed by atoms with Crippen molar-refractivity contribution in [1.82, 2.24) is 0 Å². The maximum absolute atomic E-state index is 14.5. The molecule has 0 saturated heterocycles. The molecule has 59 heavy (non-hydrogen) atoms. The third kappa shape index (κ3) is 7.61. The Hall–Kier alpha value is -5.54. The molecule has 0 aromatic heterocycles. The van der Waals surface area contributed by atoms with E-state index in [1.807, 2.05) is 0 Å². The van der Waals surface area contributed by atoms with Crippen LogP contribution in [0, 0.1) is 0 Å². The van der Waals surface area contributed by atoms with Crippen molar-refractivity contribution in [3.63, 3.8) is 0 Å².